The molecule has 4 fully saturated rings. The van der Waals surface area contributed by atoms with E-state index in [9.17, 15) is 15.0 Å². The Kier molecular flexibility index (Phi) is 3.22. The molecule has 0 unspecified atom stereocenters. The van der Waals surface area contributed by atoms with Crippen molar-refractivity contribution in [1.82, 2.24) is 0 Å². The predicted molar refractivity (Wildman–Crippen MR) is 88.8 cm³/mol. The molecule has 0 amide bonds. The fourth-order valence-corrected chi connectivity index (χ4v) is 7.83. The van der Waals surface area contributed by atoms with Crippen molar-refractivity contribution < 1.29 is 15.0 Å². The Balaban J connectivity index is 1.73. The summed E-state index contributed by atoms with van der Waals surface area (Å²) in [5.41, 5.74) is -0.612. The number of aliphatic hydroxyl groups excluding tert-OH is 1. The first-order chi connectivity index (χ1) is 10.7. The van der Waals surface area contributed by atoms with Gasteiger partial charge in [0, 0.05) is 11.8 Å². The average Bonchev–Trinajstić information content (AvgIpc) is 2.70. The highest BCUT2D eigenvalue weighted by Gasteiger charge is 2.67. The van der Waals surface area contributed by atoms with Crippen molar-refractivity contribution >= 4 is 5.78 Å². The van der Waals surface area contributed by atoms with E-state index >= 15 is 0 Å². The summed E-state index contributed by atoms with van der Waals surface area (Å²) in [5, 5.41) is 20.7. The maximum Gasteiger partial charge on any atom is 0.138 e. The molecule has 1 spiro atoms. The zero-order valence-corrected chi connectivity index (χ0v) is 14.9. The van der Waals surface area contributed by atoms with E-state index in [1.165, 1.54) is 6.42 Å². The van der Waals surface area contributed by atoms with Gasteiger partial charge in [-0.25, -0.2) is 0 Å². The van der Waals surface area contributed by atoms with Crippen LogP contribution in [0.4, 0.5) is 0 Å². The SMILES string of the molecule is CC1(C)C(=O)CC[C@]2(C)[C@@H]1CC[C@@]13C[C@H](CC[C@H]12)[C@@](O)(CO)C3. The molecule has 0 aliphatic heterocycles. The third kappa shape index (κ3) is 1.87. The van der Waals surface area contributed by atoms with E-state index in [4.69, 9.17) is 0 Å². The first-order valence-electron chi connectivity index (χ1n) is 9.55. The zero-order valence-electron chi connectivity index (χ0n) is 14.9. The van der Waals surface area contributed by atoms with E-state index < -0.39 is 5.60 Å². The molecule has 3 heteroatoms. The summed E-state index contributed by atoms with van der Waals surface area (Å²) in [6.07, 6.45) is 8.07. The van der Waals surface area contributed by atoms with E-state index in [1.54, 1.807) is 0 Å². The zero-order chi connectivity index (χ0) is 16.7. The van der Waals surface area contributed by atoms with Crippen LogP contribution in [0.2, 0.25) is 0 Å². The smallest absolute Gasteiger partial charge is 0.138 e. The number of ketones is 1. The van der Waals surface area contributed by atoms with E-state index in [2.05, 4.69) is 20.8 Å². The largest absolute Gasteiger partial charge is 0.393 e. The minimum atomic E-state index is -0.849. The average molecular weight is 320 g/mol. The van der Waals surface area contributed by atoms with E-state index in [0.717, 1.165) is 44.9 Å². The molecule has 23 heavy (non-hydrogen) atoms. The maximum atomic E-state index is 12.5. The third-order valence-corrected chi connectivity index (χ3v) is 8.89. The van der Waals surface area contributed by atoms with Gasteiger partial charge < -0.3 is 10.2 Å². The maximum absolute atomic E-state index is 12.5. The second-order valence-electron chi connectivity index (χ2n) is 10.1. The van der Waals surface area contributed by atoms with Gasteiger partial charge in [-0.2, -0.15) is 0 Å². The Hall–Kier alpha value is -0.410. The molecule has 2 bridgehead atoms. The highest BCUT2D eigenvalue weighted by molar-refractivity contribution is 5.85. The minimum absolute atomic E-state index is 0.0870. The first-order valence-corrected chi connectivity index (χ1v) is 9.55. The molecule has 4 rings (SSSR count). The van der Waals surface area contributed by atoms with Crippen LogP contribution >= 0.6 is 0 Å². The van der Waals surface area contributed by atoms with Crippen LogP contribution < -0.4 is 0 Å². The highest BCUT2D eigenvalue weighted by atomic mass is 16.3. The number of rotatable bonds is 1. The number of aliphatic hydroxyl groups is 2. The van der Waals surface area contributed by atoms with Gasteiger partial charge in [0.05, 0.1) is 12.2 Å². The Morgan fingerprint density at radius 1 is 1.09 bits per heavy atom. The van der Waals surface area contributed by atoms with E-state index in [0.29, 0.717) is 17.6 Å². The molecule has 0 radical (unpaired) electrons. The summed E-state index contributed by atoms with van der Waals surface area (Å²) in [4.78, 5) is 12.5. The molecule has 2 N–H and O–H groups in total. The normalized spacial score (nSPS) is 54.5. The Morgan fingerprint density at radius 3 is 2.52 bits per heavy atom. The quantitative estimate of drug-likeness (QED) is 0.779. The summed E-state index contributed by atoms with van der Waals surface area (Å²) >= 11 is 0. The van der Waals surface area contributed by atoms with Crippen LogP contribution in [0.25, 0.3) is 0 Å². The summed E-state index contributed by atoms with van der Waals surface area (Å²) in [7, 11) is 0. The van der Waals surface area contributed by atoms with Gasteiger partial charge in [0.2, 0.25) is 0 Å². The molecular formula is C20H32O3. The van der Waals surface area contributed by atoms with Crippen LogP contribution in [0, 0.1) is 34.0 Å². The molecule has 0 aromatic carbocycles. The number of carbonyl (C=O) groups excluding carboxylic acids is 1. The van der Waals surface area contributed by atoms with Crippen molar-refractivity contribution in [3.05, 3.63) is 0 Å². The van der Waals surface area contributed by atoms with Crippen LogP contribution in [0.15, 0.2) is 0 Å². The summed E-state index contributed by atoms with van der Waals surface area (Å²) in [5.74, 6) is 1.81. The Bertz CT molecular complexity index is 541. The highest BCUT2D eigenvalue weighted by Crippen LogP contribution is 2.72. The number of hydrogen-bond acceptors (Lipinski definition) is 3. The van der Waals surface area contributed by atoms with Crippen LogP contribution in [-0.2, 0) is 4.79 Å². The van der Waals surface area contributed by atoms with Gasteiger partial charge in [0.25, 0.3) is 0 Å². The molecule has 4 saturated carbocycles. The molecule has 4 aliphatic rings. The van der Waals surface area contributed by atoms with E-state index in [1.807, 2.05) is 0 Å². The molecule has 4 aliphatic carbocycles. The van der Waals surface area contributed by atoms with Gasteiger partial charge in [-0.05, 0) is 73.5 Å². The van der Waals surface area contributed by atoms with Crippen molar-refractivity contribution in [1.29, 1.82) is 0 Å². The molecule has 0 aromatic heterocycles. The Labute approximate surface area is 139 Å². The van der Waals surface area contributed by atoms with Crippen molar-refractivity contribution in [3.8, 4) is 0 Å². The van der Waals surface area contributed by atoms with Gasteiger partial charge in [-0.15, -0.1) is 0 Å². The first kappa shape index (κ1) is 16.1. The van der Waals surface area contributed by atoms with Crippen molar-refractivity contribution in [2.24, 2.45) is 34.0 Å². The summed E-state index contributed by atoms with van der Waals surface area (Å²) in [6.45, 7) is 6.68. The van der Waals surface area contributed by atoms with Gasteiger partial charge in [-0.3, -0.25) is 4.79 Å². The van der Waals surface area contributed by atoms with Crippen molar-refractivity contribution in [3.63, 3.8) is 0 Å². The van der Waals surface area contributed by atoms with Gasteiger partial charge >= 0.3 is 0 Å². The predicted octanol–water partition coefficient (Wildman–Crippen LogP) is 3.32. The summed E-state index contributed by atoms with van der Waals surface area (Å²) in [6, 6.07) is 0. The standard InChI is InChI=1S/C20H32O3/c1-17(2)14-6-9-19-10-13(20(23,11-19)12-21)4-5-15(19)18(14,3)8-7-16(17)22/h13-15,21,23H,4-12H2,1-3H3/t13-,14+,15-,18+,19-,20-/m0/s1. The van der Waals surface area contributed by atoms with Gasteiger partial charge in [-0.1, -0.05) is 20.8 Å². The number of fused-ring (bicyclic) bond motifs is 3. The van der Waals surface area contributed by atoms with Crippen LogP contribution in [0.1, 0.15) is 72.1 Å². The van der Waals surface area contributed by atoms with Crippen molar-refractivity contribution in [2.75, 3.05) is 6.61 Å². The molecule has 3 nitrogen and oxygen atoms in total. The van der Waals surface area contributed by atoms with Gasteiger partial charge in [0.1, 0.15) is 5.78 Å². The second kappa shape index (κ2) is 4.60. The second-order valence-corrected chi connectivity index (χ2v) is 10.1. The Morgan fingerprint density at radius 2 is 1.83 bits per heavy atom. The number of hydrogen-bond donors (Lipinski definition) is 2. The topological polar surface area (TPSA) is 57.5 Å². The fourth-order valence-electron chi connectivity index (χ4n) is 7.83. The lowest BCUT2D eigenvalue weighted by molar-refractivity contribution is -0.165. The lowest BCUT2D eigenvalue weighted by Crippen LogP contribution is -2.58. The van der Waals surface area contributed by atoms with Gasteiger partial charge in [0.15, 0.2) is 0 Å². The number of Topliss-reactive ketones (excluding diaryl/α,β-unsaturated/α-hetero) is 1. The van der Waals surface area contributed by atoms with Crippen molar-refractivity contribution in [2.45, 2.75) is 77.7 Å². The molecule has 6 atom stereocenters. The molecule has 0 heterocycles. The third-order valence-electron chi connectivity index (χ3n) is 8.89. The number of carbonyl (C=O) groups is 1. The molecular weight excluding hydrogens is 288 g/mol. The molecule has 130 valence electrons. The lowest BCUT2D eigenvalue weighted by Gasteiger charge is -2.63. The fraction of sp³-hybridized carbons (Fsp3) is 0.950. The lowest BCUT2D eigenvalue weighted by atomic mass is 9.41. The monoisotopic (exact) mass is 320 g/mol. The summed E-state index contributed by atoms with van der Waals surface area (Å²) < 4.78 is 0. The minimum Gasteiger partial charge on any atom is -0.393 e. The molecule has 0 saturated heterocycles. The van der Waals surface area contributed by atoms with Crippen LogP contribution in [-0.4, -0.2) is 28.2 Å². The van der Waals surface area contributed by atoms with Crippen LogP contribution in [0.5, 0.6) is 0 Å². The molecule has 0 aromatic rings. The van der Waals surface area contributed by atoms with Crippen LogP contribution in [0.3, 0.4) is 0 Å². The van der Waals surface area contributed by atoms with E-state index in [-0.39, 0.29) is 28.8 Å².